The molecule has 0 bridgehead atoms. The Labute approximate surface area is 133 Å². The Balaban J connectivity index is 1.96. The third-order valence-electron chi connectivity index (χ3n) is 3.75. The van der Waals surface area contributed by atoms with Crippen LogP contribution in [0.2, 0.25) is 0 Å². The number of fused-ring (bicyclic) bond motifs is 1. The average molecular weight is 311 g/mol. The van der Waals surface area contributed by atoms with Gasteiger partial charge in [0.25, 0.3) is 5.56 Å². The van der Waals surface area contributed by atoms with Gasteiger partial charge in [0.1, 0.15) is 0 Å². The van der Waals surface area contributed by atoms with E-state index in [4.69, 9.17) is 9.47 Å². The lowest BCUT2D eigenvalue weighted by atomic mass is 10.0. The molecule has 0 fully saturated rings. The van der Waals surface area contributed by atoms with E-state index in [-0.39, 0.29) is 11.3 Å². The normalized spacial score (nSPS) is 10.7. The van der Waals surface area contributed by atoms with Crippen molar-refractivity contribution in [2.75, 3.05) is 14.2 Å². The number of ether oxygens (including phenoxy) is 2. The van der Waals surface area contributed by atoms with E-state index in [1.165, 1.54) is 14.2 Å². The minimum atomic E-state index is -0.247. The molecule has 1 heterocycles. The molecule has 5 heteroatoms. The molecule has 0 saturated heterocycles. The maximum absolute atomic E-state index is 11.8. The van der Waals surface area contributed by atoms with E-state index in [2.05, 4.69) is 4.98 Å². The minimum Gasteiger partial charge on any atom is -0.504 e. The van der Waals surface area contributed by atoms with Crippen molar-refractivity contribution in [2.45, 2.75) is 6.42 Å². The number of aromatic hydroxyl groups is 1. The maximum atomic E-state index is 11.8. The third kappa shape index (κ3) is 2.99. The Bertz CT molecular complexity index is 915. The molecule has 0 amide bonds. The van der Waals surface area contributed by atoms with Gasteiger partial charge in [-0.25, -0.2) is 0 Å². The quantitative estimate of drug-likeness (QED) is 0.777. The van der Waals surface area contributed by atoms with E-state index >= 15 is 0 Å². The SMILES string of the molecule is COc1cc(Cc2ccc3cc(OC)c(=O)[nH]c3c2)ccc1O. The number of phenols is 1. The van der Waals surface area contributed by atoms with E-state index < -0.39 is 0 Å². The van der Waals surface area contributed by atoms with Crippen molar-refractivity contribution >= 4 is 10.9 Å². The highest BCUT2D eigenvalue weighted by molar-refractivity contribution is 5.80. The van der Waals surface area contributed by atoms with Gasteiger partial charge in [-0.15, -0.1) is 0 Å². The van der Waals surface area contributed by atoms with Crippen molar-refractivity contribution in [1.82, 2.24) is 4.98 Å². The summed E-state index contributed by atoms with van der Waals surface area (Å²) in [6, 6.07) is 12.9. The molecule has 23 heavy (non-hydrogen) atoms. The van der Waals surface area contributed by atoms with Crippen molar-refractivity contribution in [2.24, 2.45) is 0 Å². The number of nitrogens with one attached hydrogen (secondary N) is 1. The molecule has 5 nitrogen and oxygen atoms in total. The molecule has 0 radical (unpaired) electrons. The highest BCUT2D eigenvalue weighted by atomic mass is 16.5. The zero-order valence-electron chi connectivity index (χ0n) is 12.9. The summed E-state index contributed by atoms with van der Waals surface area (Å²) in [5.74, 6) is 0.862. The largest absolute Gasteiger partial charge is 0.504 e. The molecule has 0 spiro atoms. The summed E-state index contributed by atoms with van der Waals surface area (Å²) >= 11 is 0. The van der Waals surface area contributed by atoms with Crippen LogP contribution in [0.25, 0.3) is 10.9 Å². The number of pyridine rings is 1. The molecule has 2 aromatic carbocycles. The van der Waals surface area contributed by atoms with Gasteiger partial charge in [0.05, 0.1) is 14.2 Å². The zero-order valence-corrected chi connectivity index (χ0v) is 12.9. The van der Waals surface area contributed by atoms with Gasteiger partial charge in [-0.05, 0) is 41.8 Å². The van der Waals surface area contributed by atoms with Crippen LogP contribution in [0, 0.1) is 0 Å². The minimum absolute atomic E-state index is 0.117. The van der Waals surface area contributed by atoms with E-state index in [1.54, 1.807) is 18.2 Å². The predicted molar refractivity (Wildman–Crippen MR) is 88.6 cm³/mol. The molecule has 0 atom stereocenters. The van der Waals surface area contributed by atoms with Crippen LogP contribution in [0.1, 0.15) is 11.1 Å². The van der Waals surface area contributed by atoms with E-state index in [0.29, 0.717) is 17.9 Å². The lowest BCUT2D eigenvalue weighted by molar-refractivity contribution is 0.373. The summed E-state index contributed by atoms with van der Waals surface area (Å²) < 4.78 is 10.2. The fourth-order valence-corrected chi connectivity index (χ4v) is 2.56. The second kappa shape index (κ2) is 6.04. The maximum Gasteiger partial charge on any atom is 0.290 e. The van der Waals surface area contributed by atoms with Crippen molar-refractivity contribution in [1.29, 1.82) is 0 Å². The second-order valence-electron chi connectivity index (χ2n) is 5.27. The molecule has 0 saturated carbocycles. The number of hydrogen-bond acceptors (Lipinski definition) is 4. The van der Waals surface area contributed by atoms with Gasteiger partial charge in [-0.3, -0.25) is 4.79 Å². The molecule has 3 rings (SSSR count). The summed E-state index contributed by atoms with van der Waals surface area (Å²) in [6.07, 6.45) is 0.667. The van der Waals surface area contributed by atoms with Crippen molar-refractivity contribution in [3.63, 3.8) is 0 Å². The van der Waals surface area contributed by atoms with Crippen LogP contribution in [0.5, 0.6) is 17.2 Å². The van der Waals surface area contributed by atoms with E-state index in [9.17, 15) is 9.90 Å². The number of H-pyrrole nitrogens is 1. The average Bonchev–Trinajstić information content (AvgIpc) is 2.56. The van der Waals surface area contributed by atoms with Gasteiger partial charge in [-0.1, -0.05) is 18.2 Å². The van der Waals surface area contributed by atoms with Gasteiger partial charge in [0.2, 0.25) is 0 Å². The number of methoxy groups -OCH3 is 2. The topological polar surface area (TPSA) is 71.5 Å². The molecule has 118 valence electrons. The van der Waals surface area contributed by atoms with Crippen LogP contribution in [-0.4, -0.2) is 24.3 Å². The van der Waals surface area contributed by atoms with Crippen molar-refractivity contribution in [3.05, 3.63) is 63.9 Å². The van der Waals surface area contributed by atoms with Crippen LogP contribution >= 0.6 is 0 Å². The fourth-order valence-electron chi connectivity index (χ4n) is 2.56. The molecular weight excluding hydrogens is 294 g/mol. The second-order valence-corrected chi connectivity index (χ2v) is 5.27. The lowest BCUT2D eigenvalue weighted by Crippen LogP contribution is -2.08. The van der Waals surface area contributed by atoms with Crippen LogP contribution in [0.4, 0.5) is 0 Å². The summed E-state index contributed by atoms with van der Waals surface area (Å²) in [7, 11) is 3.00. The van der Waals surface area contributed by atoms with Crippen molar-refractivity contribution < 1.29 is 14.6 Å². The smallest absolute Gasteiger partial charge is 0.290 e. The Morgan fingerprint density at radius 2 is 1.65 bits per heavy atom. The highest BCUT2D eigenvalue weighted by Crippen LogP contribution is 2.27. The molecule has 1 aromatic heterocycles. The Hall–Kier alpha value is -2.95. The number of aromatic nitrogens is 1. The first-order valence-corrected chi connectivity index (χ1v) is 7.16. The molecular formula is C18H17NO4. The van der Waals surface area contributed by atoms with Gasteiger partial charge in [-0.2, -0.15) is 0 Å². The summed E-state index contributed by atoms with van der Waals surface area (Å²) in [4.78, 5) is 14.7. The Kier molecular flexibility index (Phi) is 3.93. The van der Waals surface area contributed by atoms with Gasteiger partial charge in [0.15, 0.2) is 17.2 Å². The van der Waals surface area contributed by atoms with Crippen molar-refractivity contribution in [3.8, 4) is 17.2 Å². The first-order valence-electron chi connectivity index (χ1n) is 7.16. The first-order chi connectivity index (χ1) is 11.1. The Morgan fingerprint density at radius 1 is 0.957 bits per heavy atom. The molecule has 0 aliphatic heterocycles. The molecule has 2 N–H and O–H groups in total. The van der Waals surface area contributed by atoms with Crippen LogP contribution in [-0.2, 0) is 6.42 Å². The van der Waals surface area contributed by atoms with Crippen LogP contribution in [0.15, 0.2) is 47.3 Å². The molecule has 0 aliphatic rings. The number of phenolic OH excluding ortho intramolecular Hbond substituents is 1. The monoisotopic (exact) mass is 311 g/mol. The van der Waals surface area contributed by atoms with Gasteiger partial charge < -0.3 is 19.6 Å². The molecule has 3 aromatic rings. The standard InChI is InChI=1S/C18H17NO4/c1-22-16-9-12(4-6-15(16)20)7-11-3-5-13-10-17(23-2)18(21)19-14(13)8-11/h3-6,8-10,20H,7H2,1-2H3,(H,19,21). The van der Waals surface area contributed by atoms with Gasteiger partial charge >= 0.3 is 0 Å². The number of hydrogen-bond donors (Lipinski definition) is 2. The fraction of sp³-hybridized carbons (Fsp3) is 0.167. The van der Waals surface area contributed by atoms with Gasteiger partial charge in [0, 0.05) is 10.9 Å². The number of aromatic amines is 1. The highest BCUT2D eigenvalue weighted by Gasteiger charge is 2.06. The number of rotatable bonds is 4. The predicted octanol–water partition coefficient (Wildman–Crippen LogP) is 2.84. The van der Waals surface area contributed by atoms with Crippen LogP contribution < -0.4 is 15.0 Å². The lowest BCUT2D eigenvalue weighted by Gasteiger charge is -2.08. The summed E-state index contributed by atoms with van der Waals surface area (Å²) in [6.45, 7) is 0. The molecule has 0 unspecified atom stereocenters. The summed E-state index contributed by atoms with van der Waals surface area (Å²) in [5, 5.41) is 10.6. The first kappa shape index (κ1) is 15.0. The van der Waals surface area contributed by atoms with E-state index in [0.717, 1.165) is 22.0 Å². The zero-order chi connectivity index (χ0) is 16.4. The van der Waals surface area contributed by atoms with Crippen LogP contribution in [0.3, 0.4) is 0 Å². The molecule has 0 aliphatic carbocycles. The summed E-state index contributed by atoms with van der Waals surface area (Å²) in [5.41, 5.74) is 2.57. The third-order valence-corrected chi connectivity index (χ3v) is 3.75. The Morgan fingerprint density at radius 3 is 2.39 bits per heavy atom. The number of benzene rings is 2. The van der Waals surface area contributed by atoms with E-state index in [1.807, 2.05) is 24.3 Å².